The fraction of sp³-hybridized carbons (Fsp3) is 0.308. The summed E-state index contributed by atoms with van der Waals surface area (Å²) >= 11 is 0. The molecule has 2 aromatic rings. The molecule has 2 atom stereocenters. The molecule has 0 aliphatic heterocycles. The van der Waals surface area contributed by atoms with Gasteiger partial charge in [-0.15, -0.1) is 0 Å². The van der Waals surface area contributed by atoms with Crippen LogP contribution in [0, 0.1) is 0 Å². The number of anilines is 1. The molecule has 0 amide bonds. The van der Waals surface area contributed by atoms with Gasteiger partial charge in [0.05, 0.1) is 7.11 Å². The first kappa shape index (κ1) is 10.4. The molecule has 88 valence electrons. The van der Waals surface area contributed by atoms with Crippen LogP contribution in [0.5, 0.6) is 5.75 Å². The number of fused-ring (bicyclic) bond motifs is 1. The number of methoxy groups -OCH3 is 1. The Morgan fingerprint density at radius 3 is 2.94 bits per heavy atom. The third-order valence-electron chi connectivity index (χ3n) is 3.14. The van der Waals surface area contributed by atoms with Crippen molar-refractivity contribution in [2.75, 3.05) is 12.4 Å². The van der Waals surface area contributed by atoms with Crippen LogP contribution in [0.25, 0.3) is 10.8 Å². The third kappa shape index (κ3) is 1.91. The van der Waals surface area contributed by atoms with E-state index in [0.29, 0.717) is 6.04 Å². The van der Waals surface area contributed by atoms with Gasteiger partial charge in [0.1, 0.15) is 11.6 Å². The normalized spacial score (nSPS) is 22.5. The van der Waals surface area contributed by atoms with Gasteiger partial charge in [-0.25, -0.2) is 4.98 Å². The van der Waals surface area contributed by atoms with Crippen molar-refractivity contribution < 1.29 is 4.74 Å². The van der Waals surface area contributed by atoms with Crippen LogP contribution in [0.4, 0.5) is 5.82 Å². The zero-order valence-electron chi connectivity index (χ0n) is 9.68. The number of nitrogens with zero attached hydrogens (tertiary/aromatic N) is 1. The second-order valence-corrected chi connectivity index (χ2v) is 4.40. The summed E-state index contributed by atoms with van der Waals surface area (Å²) in [5.41, 5.74) is 5.80. The molecule has 1 aromatic heterocycles. The molecular weight excluding hydrogens is 214 g/mol. The van der Waals surface area contributed by atoms with Crippen LogP contribution >= 0.6 is 0 Å². The number of ether oxygens (including phenoxy) is 1. The topological polar surface area (TPSA) is 60.2 Å². The Bertz CT molecular complexity index is 555. The zero-order valence-corrected chi connectivity index (χ0v) is 9.68. The van der Waals surface area contributed by atoms with Crippen LogP contribution in [-0.4, -0.2) is 24.2 Å². The van der Waals surface area contributed by atoms with Gasteiger partial charge >= 0.3 is 0 Å². The fourth-order valence-corrected chi connectivity index (χ4v) is 1.95. The van der Waals surface area contributed by atoms with Crippen LogP contribution in [-0.2, 0) is 0 Å². The van der Waals surface area contributed by atoms with Crippen LogP contribution in [0.15, 0.2) is 30.5 Å². The number of benzene rings is 1. The molecule has 1 fully saturated rings. The van der Waals surface area contributed by atoms with Crippen molar-refractivity contribution in [1.29, 1.82) is 0 Å². The third-order valence-corrected chi connectivity index (χ3v) is 3.14. The molecule has 3 N–H and O–H groups in total. The first-order valence-electron chi connectivity index (χ1n) is 5.73. The predicted molar refractivity (Wildman–Crippen MR) is 68.3 cm³/mol. The molecule has 4 heteroatoms. The summed E-state index contributed by atoms with van der Waals surface area (Å²) < 4.78 is 5.24. The highest BCUT2D eigenvalue weighted by Gasteiger charge is 2.33. The van der Waals surface area contributed by atoms with E-state index >= 15 is 0 Å². The van der Waals surface area contributed by atoms with E-state index in [1.807, 2.05) is 30.5 Å². The highest BCUT2D eigenvalue weighted by Crippen LogP contribution is 2.29. The summed E-state index contributed by atoms with van der Waals surface area (Å²) in [6.07, 6.45) is 2.83. The van der Waals surface area contributed by atoms with Crippen molar-refractivity contribution in [3.63, 3.8) is 0 Å². The molecular formula is C13H15N3O. The lowest BCUT2D eigenvalue weighted by Gasteiger charge is -2.09. The minimum atomic E-state index is 0.262. The summed E-state index contributed by atoms with van der Waals surface area (Å²) in [5, 5.41) is 5.59. The molecule has 1 heterocycles. The molecule has 0 bridgehead atoms. The standard InChI is InChI=1S/C13H15N3O/c1-17-9-3-2-8-4-5-15-13(10(8)6-9)16-12-7-11(12)14/h2-6,11-12H,7,14H2,1H3,(H,15,16). The van der Waals surface area contributed by atoms with E-state index in [4.69, 9.17) is 10.5 Å². The zero-order chi connectivity index (χ0) is 11.8. The van der Waals surface area contributed by atoms with E-state index < -0.39 is 0 Å². The molecule has 4 nitrogen and oxygen atoms in total. The first-order valence-corrected chi connectivity index (χ1v) is 5.73. The van der Waals surface area contributed by atoms with Crippen LogP contribution in [0.1, 0.15) is 6.42 Å². The number of rotatable bonds is 3. The number of pyridine rings is 1. The van der Waals surface area contributed by atoms with Crippen molar-refractivity contribution in [2.24, 2.45) is 5.73 Å². The van der Waals surface area contributed by atoms with E-state index in [2.05, 4.69) is 10.3 Å². The Morgan fingerprint density at radius 2 is 2.24 bits per heavy atom. The Kier molecular flexibility index (Phi) is 2.37. The summed E-state index contributed by atoms with van der Waals surface area (Å²) in [7, 11) is 1.67. The largest absolute Gasteiger partial charge is 0.497 e. The number of hydrogen-bond donors (Lipinski definition) is 2. The van der Waals surface area contributed by atoms with E-state index in [9.17, 15) is 0 Å². The quantitative estimate of drug-likeness (QED) is 0.841. The van der Waals surface area contributed by atoms with Crippen molar-refractivity contribution >= 4 is 16.6 Å². The highest BCUT2D eigenvalue weighted by molar-refractivity contribution is 5.93. The monoisotopic (exact) mass is 229 g/mol. The molecule has 17 heavy (non-hydrogen) atoms. The van der Waals surface area contributed by atoms with E-state index in [1.165, 1.54) is 0 Å². The minimum Gasteiger partial charge on any atom is -0.497 e. The molecule has 3 rings (SSSR count). The van der Waals surface area contributed by atoms with Gasteiger partial charge in [-0.1, -0.05) is 6.07 Å². The molecule has 1 saturated carbocycles. The van der Waals surface area contributed by atoms with Crippen LogP contribution in [0.2, 0.25) is 0 Å². The number of aromatic nitrogens is 1. The number of nitrogens with one attached hydrogen (secondary N) is 1. The SMILES string of the molecule is COc1ccc2ccnc(NC3CC3N)c2c1. The van der Waals surface area contributed by atoms with Crippen molar-refractivity contribution in [3.8, 4) is 5.75 Å². The van der Waals surface area contributed by atoms with Crippen LogP contribution in [0.3, 0.4) is 0 Å². The van der Waals surface area contributed by atoms with E-state index in [-0.39, 0.29) is 6.04 Å². The lowest BCUT2D eigenvalue weighted by Crippen LogP contribution is -2.14. The summed E-state index contributed by atoms with van der Waals surface area (Å²) in [6, 6.07) is 8.60. The fourth-order valence-electron chi connectivity index (χ4n) is 1.95. The van der Waals surface area contributed by atoms with Gasteiger partial charge in [0.2, 0.25) is 0 Å². The molecule has 0 radical (unpaired) electrons. The van der Waals surface area contributed by atoms with Gasteiger partial charge < -0.3 is 15.8 Å². The highest BCUT2D eigenvalue weighted by atomic mass is 16.5. The smallest absolute Gasteiger partial charge is 0.134 e. The molecule has 1 aliphatic carbocycles. The van der Waals surface area contributed by atoms with Crippen molar-refractivity contribution in [3.05, 3.63) is 30.5 Å². The Hall–Kier alpha value is -1.81. The predicted octanol–water partition coefficient (Wildman–Crippen LogP) is 1.75. The minimum absolute atomic E-state index is 0.262. The van der Waals surface area contributed by atoms with Gasteiger partial charge in [-0.05, 0) is 30.0 Å². The molecule has 2 unspecified atom stereocenters. The number of hydrogen-bond acceptors (Lipinski definition) is 4. The molecule has 1 aromatic carbocycles. The maximum atomic E-state index is 5.80. The second kappa shape index (κ2) is 3.89. The maximum absolute atomic E-state index is 5.80. The molecule has 0 saturated heterocycles. The average molecular weight is 229 g/mol. The maximum Gasteiger partial charge on any atom is 0.134 e. The molecule has 0 spiro atoms. The Morgan fingerprint density at radius 1 is 1.41 bits per heavy atom. The Balaban J connectivity index is 2.03. The van der Waals surface area contributed by atoms with Crippen LogP contribution < -0.4 is 15.8 Å². The van der Waals surface area contributed by atoms with Gasteiger partial charge in [-0.3, -0.25) is 0 Å². The van der Waals surface area contributed by atoms with Gasteiger partial charge in [0.25, 0.3) is 0 Å². The summed E-state index contributed by atoms with van der Waals surface area (Å²) in [6.45, 7) is 0. The van der Waals surface area contributed by atoms with E-state index in [0.717, 1.165) is 28.8 Å². The lowest BCUT2D eigenvalue weighted by atomic mass is 10.1. The lowest BCUT2D eigenvalue weighted by molar-refractivity contribution is 0.415. The second-order valence-electron chi connectivity index (χ2n) is 4.40. The van der Waals surface area contributed by atoms with Gasteiger partial charge in [0.15, 0.2) is 0 Å². The van der Waals surface area contributed by atoms with Crippen molar-refractivity contribution in [1.82, 2.24) is 4.98 Å². The molecule has 1 aliphatic rings. The van der Waals surface area contributed by atoms with Gasteiger partial charge in [-0.2, -0.15) is 0 Å². The number of nitrogens with two attached hydrogens (primary N) is 1. The summed E-state index contributed by atoms with van der Waals surface area (Å²) in [4.78, 5) is 4.37. The Labute approximate surface area is 99.8 Å². The van der Waals surface area contributed by atoms with Crippen molar-refractivity contribution in [2.45, 2.75) is 18.5 Å². The van der Waals surface area contributed by atoms with E-state index in [1.54, 1.807) is 7.11 Å². The average Bonchev–Trinajstić information content (AvgIpc) is 3.05. The van der Waals surface area contributed by atoms with Gasteiger partial charge in [0, 0.05) is 23.7 Å². The summed E-state index contributed by atoms with van der Waals surface area (Å²) in [5.74, 6) is 1.73. The first-order chi connectivity index (χ1) is 8.28.